The number of benzene rings is 4. The molecule has 0 radical (unpaired) electrons. The predicted molar refractivity (Wildman–Crippen MR) is 183 cm³/mol. The van der Waals surface area contributed by atoms with E-state index >= 15 is 0 Å². The molecule has 0 saturated carbocycles. The smallest absolute Gasteiger partial charge is 0.383 e. The fraction of sp³-hybridized carbons (Fsp3) is 0.158. The molecule has 2 heterocycles. The summed E-state index contributed by atoms with van der Waals surface area (Å²) in [5.41, 5.74) is 6.67. The van der Waals surface area contributed by atoms with Gasteiger partial charge in [-0.05, 0) is 61.4 Å². The highest BCUT2D eigenvalue weighted by Gasteiger charge is 2.32. The minimum Gasteiger partial charge on any atom is -0.383 e. The van der Waals surface area contributed by atoms with Gasteiger partial charge in [0.05, 0.1) is 0 Å². The molecule has 0 aliphatic rings. The summed E-state index contributed by atoms with van der Waals surface area (Å²) < 4.78 is 10.0. The number of para-hydroxylation sites is 2. The number of aromatic nitrogens is 2. The third-order valence-corrected chi connectivity index (χ3v) is 8.11. The molecule has 4 aromatic carbocycles. The number of ether oxygens (including phenoxy) is 2. The molecule has 242 valence electrons. The average Bonchev–Trinajstić information content (AvgIpc) is 3.70. The maximum absolute atomic E-state index is 13.4. The van der Waals surface area contributed by atoms with Crippen LogP contribution < -0.4 is 10.6 Å². The molecular weight excluding hydrogens is 608 g/mol. The summed E-state index contributed by atoms with van der Waals surface area (Å²) in [5.74, 6) is -5.18. The van der Waals surface area contributed by atoms with Crippen molar-refractivity contribution < 1.29 is 28.7 Å². The zero-order chi connectivity index (χ0) is 33.6. The summed E-state index contributed by atoms with van der Waals surface area (Å²) in [4.78, 5) is 58.9. The summed E-state index contributed by atoms with van der Waals surface area (Å²) >= 11 is 0. The van der Waals surface area contributed by atoms with Crippen LogP contribution in [0.5, 0.6) is 0 Å². The molecule has 6 rings (SSSR count). The molecule has 4 N–H and O–H groups in total. The van der Waals surface area contributed by atoms with E-state index in [4.69, 9.17) is 9.47 Å². The van der Waals surface area contributed by atoms with Gasteiger partial charge < -0.3 is 30.1 Å². The third-order valence-electron chi connectivity index (χ3n) is 8.11. The number of hydrogen-bond acceptors (Lipinski definition) is 8. The Morgan fingerprint density at radius 3 is 1.33 bits per heavy atom. The second-order valence-corrected chi connectivity index (χ2v) is 11.7. The van der Waals surface area contributed by atoms with Crippen LogP contribution in [-0.4, -0.2) is 45.9 Å². The lowest BCUT2D eigenvalue weighted by molar-refractivity contribution is -0.177. The SMILES string of the molecule is Cc1ccc(N[C@@H](Cc2c[nH]c3ccccc23)C(=O)OC(=O)C(=O)OC(=O)[C@H](Cc2c[nH]c3ccccc23)Nc2ccc(C)cc2)cc1. The molecule has 0 unspecified atom stereocenters. The van der Waals surface area contributed by atoms with Crippen LogP contribution >= 0.6 is 0 Å². The Hall–Kier alpha value is -6.16. The molecule has 0 aliphatic carbocycles. The number of nitrogens with one attached hydrogen (secondary N) is 4. The van der Waals surface area contributed by atoms with Crippen LogP contribution in [0, 0.1) is 13.8 Å². The number of aryl methyl sites for hydroxylation is 2. The molecule has 2 aromatic heterocycles. The van der Waals surface area contributed by atoms with Crippen molar-refractivity contribution in [2.75, 3.05) is 10.6 Å². The molecule has 0 amide bonds. The van der Waals surface area contributed by atoms with Gasteiger partial charge in [0.25, 0.3) is 0 Å². The van der Waals surface area contributed by atoms with E-state index in [1.54, 1.807) is 36.7 Å². The van der Waals surface area contributed by atoms with E-state index in [9.17, 15) is 19.2 Å². The van der Waals surface area contributed by atoms with Crippen molar-refractivity contribution >= 4 is 57.1 Å². The number of fused-ring (bicyclic) bond motifs is 2. The number of esters is 4. The van der Waals surface area contributed by atoms with Gasteiger partial charge in [-0.3, -0.25) is 0 Å². The van der Waals surface area contributed by atoms with Crippen molar-refractivity contribution in [2.45, 2.75) is 38.8 Å². The lowest BCUT2D eigenvalue weighted by Crippen LogP contribution is -2.39. The number of carbonyl (C=O) groups is 4. The van der Waals surface area contributed by atoms with Crippen molar-refractivity contribution in [1.29, 1.82) is 0 Å². The van der Waals surface area contributed by atoms with Gasteiger partial charge in [-0.25, -0.2) is 19.2 Å². The topological polar surface area (TPSA) is 142 Å². The summed E-state index contributed by atoms with van der Waals surface area (Å²) in [7, 11) is 0. The molecule has 6 aromatic rings. The molecule has 2 atom stereocenters. The average molecular weight is 643 g/mol. The molecule has 0 aliphatic heterocycles. The maximum Gasteiger partial charge on any atom is 0.425 e. The van der Waals surface area contributed by atoms with Crippen molar-refractivity contribution in [3.8, 4) is 0 Å². The van der Waals surface area contributed by atoms with E-state index in [1.165, 1.54) is 0 Å². The Labute approximate surface area is 276 Å². The molecule has 0 fully saturated rings. The van der Waals surface area contributed by atoms with Gasteiger partial charge in [0.15, 0.2) is 0 Å². The highest BCUT2D eigenvalue weighted by Crippen LogP contribution is 2.23. The number of aromatic amines is 2. The lowest BCUT2D eigenvalue weighted by Gasteiger charge is -2.19. The summed E-state index contributed by atoms with van der Waals surface area (Å²) in [5, 5.41) is 8.03. The molecule has 0 saturated heterocycles. The van der Waals surface area contributed by atoms with Crippen molar-refractivity contribution in [2.24, 2.45) is 0 Å². The monoisotopic (exact) mass is 642 g/mol. The number of anilines is 2. The van der Waals surface area contributed by atoms with E-state index in [-0.39, 0.29) is 12.8 Å². The molecule has 48 heavy (non-hydrogen) atoms. The predicted octanol–water partition coefficient (Wildman–Crippen LogP) is 6.15. The number of hydrogen-bond donors (Lipinski definition) is 4. The van der Waals surface area contributed by atoms with Crippen LogP contribution in [0.2, 0.25) is 0 Å². The highest BCUT2D eigenvalue weighted by molar-refractivity contribution is 6.33. The van der Waals surface area contributed by atoms with Crippen molar-refractivity contribution in [3.05, 3.63) is 132 Å². The molecule has 0 spiro atoms. The lowest BCUT2D eigenvalue weighted by atomic mass is 10.0. The zero-order valence-electron chi connectivity index (χ0n) is 26.4. The van der Waals surface area contributed by atoms with Gasteiger partial charge in [-0.2, -0.15) is 0 Å². The second-order valence-electron chi connectivity index (χ2n) is 11.7. The van der Waals surface area contributed by atoms with Crippen LogP contribution in [0.1, 0.15) is 22.3 Å². The van der Waals surface area contributed by atoms with Crippen molar-refractivity contribution in [3.63, 3.8) is 0 Å². The second kappa shape index (κ2) is 14.1. The first kappa shape index (κ1) is 31.8. The first-order chi connectivity index (χ1) is 23.2. The van der Waals surface area contributed by atoms with E-state index in [0.717, 1.165) is 44.1 Å². The van der Waals surface area contributed by atoms with E-state index in [0.29, 0.717) is 11.4 Å². The van der Waals surface area contributed by atoms with Gasteiger partial charge in [-0.15, -0.1) is 0 Å². The molecule has 10 heteroatoms. The summed E-state index contributed by atoms with van der Waals surface area (Å²) in [6.45, 7) is 3.88. The first-order valence-corrected chi connectivity index (χ1v) is 15.5. The normalized spacial score (nSPS) is 12.3. The Kier molecular flexibility index (Phi) is 9.33. The van der Waals surface area contributed by atoms with Crippen LogP contribution in [0.25, 0.3) is 21.8 Å². The molecular formula is C38H34N4O6. The van der Waals surface area contributed by atoms with Gasteiger partial charge in [-0.1, -0.05) is 71.8 Å². The van der Waals surface area contributed by atoms with E-state index in [1.807, 2.05) is 86.6 Å². The Morgan fingerprint density at radius 1 is 0.562 bits per heavy atom. The number of H-pyrrole nitrogens is 2. The Balaban J connectivity index is 1.17. The zero-order valence-corrected chi connectivity index (χ0v) is 26.4. The Morgan fingerprint density at radius 2 is 0.938 bits per heavy atom. The fourth-order valence-corrected chi connectivity index (χ4v) is 5.54. The molecule has 0 bridgehead atoms. The van der Waals surface area contributed by atoms with Gasteiger partial charge in [0.2, 0.25) is 0 Å². The summed E-state index contributed by atoms with van der Waals surface area (Å²) in [6.07, 6.45) is 3.85. The largest absolute Gasteiger partial charge is 0.425 e. The van der Waals surface area contributed by atoms with E-state index < -0.39 is 36.0 Å². The standard InChI is InChI=1S/C38H34N4O6/c1-23-11-15-27(16-12-23)41-33(19-25-21-39-31-9-5-3-7-29(25)31)35(43)47-37(45)38(46)48-36(44)34(42-28-17-13-24(2)14-18-28)20-26-22-40-32-10-6-4-8-30(26)32/h3-18,21-22,33-34,39-42H,19-20H2,1-2H3/t33-,34-/m0/s1. The van der Waals surface area contributed by atoms with E-state index in [2.05, 4.69) is 20.6 Å². The fourth-order valence-electron chi connectivity index (χ4n) is 5.54. The highest BCUT2D eigenvalue weighted by atomic mass is 16.6. The third kappa shape index (κ3) is 7.45. The summed E-state index contributed by atoms with van der Waals surface area (Å²) in [6, 6.07) is 27.8. The van der Waals surface area contributed by atoms with Gasteiger partial charge in [0, 0.05) is 58.4 Å². The van der Waals surface area contributed by atoms with Gasteiger partial charge >= 0.3 is 23.9 Å². The minimum atomic E-state index is -1.59. The van der Waals surface area contributed by atoms with Gasteiger partial charge in [0.1, 0.15) is 12.1 Å². The number of rotatable bonds is 10. The number of carbonyl (C=O) groups excluding carboxylic acids is 4. The first-order valence-electron chi connectivity index (χ1n) is 15.5. The van der Waals surface area contributed by atoms with Crippen LogP contribution in [0.4, 0.5) is 11.4 Å². The minimum absolute atomic E-state index is 0.144. The van der Waals surface area contributed by atoms with Crippen LogP contribution in [0.3, 0.4) is 0 Å². The molecule has 10 nitrogen and oxygen atoms in total. The van der Waals surface area contributed by atoms with Crippen LogP contribution in [0.15, 0.2) is 109 Å². The quantitative estimate of drug-likeness (QED) is 0.0792. The maximum atomic E-state index is 13.4. The Bertz CT molecular complexity index is 1940. The van der Waals surface area contributed by atoms with Crippen LogP contribution in [-0.2, 0) is 41.5 Å². The van der Waals surface area contributed by atoms with Crippen molar-refractivity contribution in [1.82, 2.24) is 9.97 Å².